The number of thiophene rings is 1. The van der Waals surface area contributed by atoms with Crippen molar-refractivity contribution in [1.82, 2.24) is 9.55 Å². The Kier molecular flexibility index (Phi) is 3.75. The normalized spacial score (nSPS) is 10.6. The molecule has 0 amide bonds. The highest BCUT2D eigenvalue weighted by Crippen LogP contribution is 2.19. The predicted octanol–water partition coefficient (Wildman–Crippen LogP) is 3.19. The Morgan fingerprint density at radius 3 is 3.06 bits per heavy atom. The third kappa shape index (κ3) is 2.35. The summed E-state index contributed by atoms with van der Waals surface area (Å²) < 4.78 is 3.03. The molecule has 0 aliphatic carbocycles. The first-order valence-electron chi connectivity index (χ1n) is 5.02. The molecule has 2 heterocycles. The molecule has 0 spiro atoms. The molecule has 3 nitrogen and oxygen atoms in total. The van der Waals surface area contributed by atoms with Crippen LogP contribution in [0.2, 0.25) is 0 Å². The lowest BCUT2D eigenvalue weighted by molar-refractivity contribution is 0.102. The number of ketones is 1. The number of carbonyl (C=O) groups excluding carboxylic acids is 1. The van der Waals surface area contributed by atoms with Gasteiger partial charge in [-0.15, -0.1) is 11.3 Å². The monoisotopic (exact) mass is 346 g/mol. The molecule has 0 N–H and O–H groups in total. The molecule has 2 rings (SSSR count). The van der Waals surface area contributed by atoms with Gasteiger partial charge in [0, 0.05) is 29.9 Å². The minimum absolute atomic E-state index is 0.0117. The number of aryl methyl sites for hydroxylation is 1. The lowest BCUT2D eigenvalue weighted by atomic mass is 10.2. The van der Waals surface area contributed by atoms with E-state index in [2.05, 4.69) is 34.5 Å². The molecule has 0 aliphatic heterocycles. The van der Waals surface area contributed by atoms with Crippen molar-refractivity contribution in [2.24, 2.45) is 0 Å². The summed E-state index contributed by atoms with van der Waals surface area (Å²) in [4.78, 5) is 16.3. The highest BCUT2D eigenvalue weighted by molar-refractivity contribution is 14.1. The van der Waals surface area contributed by atoms with Crippen LogP contribution in [0.15, 0.2) is 23.8 Å². The second kappa shape index (κ2) is 5.09. The van der Waals surface area contributed by atoms with E-state index in [4.69, 9.17) is 0 Å². The van der Waals surface area contributed by atoms with Crippen molar-refractivity contribution in [3.05, 3.63) is 38.1 Å². The second-order valence-corrected chi connectivity index (χ2v) is 6.22. The maximum atomic E-state index is 12.1. The second-order valence-electron chi connectivity index (χ2n) is 3.41. The van der Waals surface area contributed by atoms with E-state index in [9.17, 15) is 4.79 Å². The van der Waals surface area contributed by atoms with Crippen molar-refractivity contribution >= 4 is 39.7 Å². The first-order chi connectivity index (χ1) is 7.72. The van der Waals surface area contributed by atoms with Crippen LogP contribution < -0.4 is 0 Å². The fraction of sp³-hybridized carbons (Fsp3) is 0.273. The topological polar surface area (TPSA) is 34.9 Å². The van der Waals surface area contributed by atoms with Gasteiger partial charge in [0.2, 0.25) is 5.78 Å². The van der Waals surface area contributed by atoms with E-state index in [1.807, 2.05) is 22.2 Å². The van der Waals surface area contributed by atoms with E-state index < -0.39 is 0 Å². The fourth-order valence-corrected chi connectivity index (χ4v) is 2.82. The predicted molar refractivity (Wildman–Crippen MR) is 73.0 cm³/mol. The van der Waals surface area contributed by atoms with E-state index >= 15 is 0 Å². The molecule has 0 fully saturated rings. The molecule has 5 heteroatoms. The molecule has 2 aromatic heterocycles. The van der Waals surface area contributed by atoms with Gasteiger partial charge in [-0.25, -0.2) is 4.98 Å². The number of nitrogens with zero attached hydrogens (tertiary/aromatic N) is 2. The third-order valence-corrected chi connectivity index (χ3v) is 4.00. The molecule has 0 saturated heterocycles. The smallest absolute Gasteiger partial charge is 0.229 e. The Hall–Kier alpha value is -0.690. The average molecular weight is 346 g/mol. The fourth-order valence-electron chi connectivity index (χ4n) is 1.50. The number of hydrogen-bond donors (Lipinski definition) is 0. The van der Waals surface area contributed by atoms with Gasteiger partial charge in [0.05, 0.1) is 2.88 Å². The van der Waals surface area contributed by atoms with Gasteiger partial charge in [-0.1, -0.05) is 6.92 Å². The van der Waals surface area contributed by atoms with Crippen molar-refractivity contribution in [3.63, 3.8) is 0 Å². The molecule has 84 valence electrons. The van der Waals surface area contributed by atoms with Gasteiger partial charge < -0.3 is 4.57 Å². The van der Waals surface area contributed by atoms with Crippen molar-refractivity contribution in [2.45, 2.75) is 19.9 Å². The van der Waals surface area contributed by atoms with E-state index in [-0.39, 0.29) is 5.78 Å². The zero-order valence-corrected chi connectivity index (χ0v) is 11.8. The van der Waals surface area contributed by atoms with E-state index in [0.717, 1.165) is 21.4 Å². The number of aromatic nitrogens is 2. The van der Waals surface area contributed by atoms with Gasteiger partial charge in [-0.3, -0.25) is 4.79 Å². The van der Waals surface area contributed by atoms with Crippen molar-refractivity contribution in [3.8, 4) is 0 Å². The van der Waals surface area contributed by atoms with Crippen LogP contribution in [0.5, 0.6) is 0 Å². The third-order valence-electron chi connectivity index (χ3n) is 2.21. The first-order valence-corrected chi connectivity index (χ1v) is 6.98. The molecular weight excluding hydrogens is 335 g/mol. The van der Waals surface area contributed by atoms with Gasteiger partial charge in [-0.2, -0.15) is 0 Å². The standard InChI is InChI=1S/C11H11IN2OS/c1-2-4-14-5-3-13-11(14)10(15)8-6-9(12)16-7-8/h3,5-7H,2,4H2,1H3. The highest BCUT2D eigenvalue weighted by Gasteiger charge is 2.15. The molecule has 0 aliphatic rings. The van der Waals surface area contributed by atoms with Crippen LogP contribution in [0.3, 0.4) is 0 Å². The Morgan fingerprint density at radius 1 is 1.62 bits per heavy atom. The first kappa shape index (κ1) is 11.8. The van der Waals surface area contributed by atoms with E-state index in [1.54, 1.807) is 17.5 Å². The van der Waals surface area contributed by atoms with Crippen molar-refractivity contribution < 1.29 is 4.79 Å². The number of halogens is 1. The maximum Gasteiger partial charge on any atom is 0.229 e. The summed E-state index contributed by atoms with van der Waals surface area (Å²) in [6.07, 6.45) is 4.53. The van der Waals surface area contributed by atoms with Gasteiger partial charge >= 0.3 is 0 Å². The molecule has 0 unspecified atom stereocenters. The highest BCUT2D eigenvalue weighted by atomic mass is 127. The van der Waals surface area contributed by atoms with Crippen LogP contribution in [0.25, 0.3) is 0 Å². The van der Waals surface area contributed by atoms with Gasteiger partial charge in [0.25, 0.3) is 0 Å². The van der Waals surface area contributed by atoms with Crippen molar-refractivity contribution in [2.75, 3.05) is 0 Å². The molecule has 0 aromatic carbocycles. The minimum Gasteiger partial charge on any atom is -0.328 e. The van der Waals surface area contributed by atoms with Crippen LogP contribution in [0, 0.1) is 2.88 Å². The van der Waals surface area contributed by atoms with E-state index in [0.29, 0.717) is 5.82 Å². The lowest BCUT2D eigenvalue weighted by Gasteiger charge is -2.03. The molecule has 0 saturated carbocycles. The molecular formula is C11H11IN2OS. The Labute approximate surface area is 112 Å². The SMILES string of the molecule is CCCn1ccnc1C(=O)c1csc(I)c1. The molecule has 0 bridgehead atoms. The summed E-state index contributed by atoms with van der Waals surface area (Å²) in [6.45, 7) is 2.92. The van der Waals surface area contributed by atoms with Gasteiger partial charge in [0.15, 0.2) is 5.82 Å². The van der Waals surface area contributed by atoms with Crippen LogP contribution in [-0.4, -0.2) is 15.3 Å². The Morgan fingerprint density at radius 2 is 2.44 bits per heavy atom. The minimum atomic E-state index is 0.0117. The lowest BCUT2D eigenvalue weighted by Crippen LogP contribution is -2.10. The van der Waals surface area contributed by atoms with Gasteiger partial charge in [-0.05, 0) is 35.1 Å². The van der Waals surface area contributed by atoms with Gasteiger partial charge in [0.1, 0.15) is 0 Å². The largest absolute Gasteiger partial charge is 0.328 e. The molecule has 0 atom stereocenters. The summed E-state index contributed by atoms with van der Waals surface area (Å²) in [5.41, 5.74) is 0.734. The van der Waals surface area contributed by atoms with Crippen LogP contribution in [0.4, 0.5) is 0 Å². The maximum absolute atomic E-state index is 12.1. The van der Waals surface area contributed by atoms with Crippen LogP contribution in [0.1, 0.15) is 29.5 Å². The van der Waals surface area contributed by atoms with Crippen LogP contribution in [-0.2, 0) is 6.54 Å². The quantitative estimate of drug-likeness (QED) is 0.630. The molecule has 16 heavy (non-hydrogen) atoms. The average Bonchev–Trinajstić information content (AvgIpc) is 2.87. The summed E-state index contributed by atoms with van der Waals surface area (Å²) in [6, 6.07) is 1.90. The number of hydrogen-bond acceptors (Lipinski definition) is 3. The Balaban J connectivity index is 2.30. The molecule has 2 aromatic rings. The summed E-state index contributed by atoms with van der Waals surface area (Å²) in [5.74, 6) is 0.550. The summed E-state index contributed by atoms with van der Waals surface area (Å²) in [7, 11) is 0. The number of imidazole rings is 1. The van der Waals surface area contributed by atoms with Crippen molar-refractivity contribution in [1.29, 1.82) is 0 Å². The van der Waals surface area contributed by atoms with E-state index in [1.165, 1.54) is 0 Å². The zero-order valence-electron chi connectivity index (χ0n) is 8.81. The zero-order chi connectivity index (χ0) is 11.5. The van der Waals surface area contributed by atoms with Crippen LogP contribution >= 0.6 is 33.9 Å². The summed E-state index contributed by atoms with van der Waals surface area (Å²) in [5, 5.41) is 1.88. The summed E-state index contributed by atoms with van der Waals surface area (Å²) >= 11 is 3.79. The number of rotatable bonds is 4. The number of carbonyl (C=O) groups is 1. The Bertz CT molecular complexity index is 504. The molecule has 0 radical (unpaired) electrons.